The number of aliphatic imine (C=N–C) groups is 1. The van der Waals surface area contributed by atoms with E-state index in [4.69, 9.17) is 11.6 Å². The van der Waals surface area contributed by atoms with Gasteiger partial charge < -0.3 is 0 Å². The molecule has 1 heterocycles. The van der Waals surface area contributed by atoms with E-state index in [1.54, 1.807) is 33.7 Å². The molecule has 2 amide bonds. The second-order valence-corrected chi connectivity index (χ2v) is 7.12. The monoisotopic (exact) mass is 325 g/mol. The summed E-state index contributed by atoms with van der Waals surface area (Å²) in [5.74, 6) is 0.546. The number of rotatable bonds is 2. The van der Waals surface area contributed by atoms with Crippen LogP contribution in [0.5, 0.6) is 0 Å². The van der Waals surface area contributed by atoms with Crippen LogP contribution >= 0.6 is 23.4 Å². The van der Waals surface area contributed by atoms with Crippen molar-refractivity contribution in [2.45, 2.75) is 33.2 Å². The lowest BCUT2D eigenvalue weighted by atomic mass is 10.1. The van der Waals surface area contributed by atoms with Crippen LogP contribution in [0, 0.1) is 0 Å². The van der Waals surface area contributed by atoms with E-state index < -0.39 is 0 Å². The lowest BCUT2D eigenvalue weighted by Crippen LogP contribution is -2.50. The van der Waals surface area contributed by atoms with Gasteiger partial charge in [0, 0.05) is 17.3 Å². The van der Waals surface area contributed by atoms with Crippen molar-refractivity contribution in [1.82, 2.24) is 4.90 Å². The minimum Gasteiger partial charge on any atom is -0.284 e. The van der Waals surface area contributed by atoms with Gasteiger partial charge in [0.1, 0.15) is 0 Å². The lowest BCUT2D eigenvalue weighted by molar-refractivity contribution is 0.229. The number of halogens is 1. The number of benzene rings is 1. The number of anilines is 1. The number of carbonyl (C=O) groups excluding carboxylic acids is 1. The molecule has 2 rings (SSSR count). The van der Waals surface area contributed by atoms with Crippen LogP contribution in [-0.4, -0.2) is 34.1 Å². The van der Waals surface area contributed by atoms with Crippen LogP contribution in [0.15, 0.2) is 29.3 Å². The van der Waals surface area contributed by atoms with Gasteiger partial charge in [0.2, 0.25) is 0 Å². The molecule has 4 nitrogen and oxygen atoms in total. The van der Waals surface area contributed by atoms with Crippen molar-refractivity contribution < 1.29 is 4.79 Å². The van der Waals surface area contributed by atoms with Crippen molar-refractivity contribution in [2.24, 2.45) is 4.99 Å². The second-order valence-electron chi connectivity index (χ2n) is 5.77. The maximum atomic E-state index is 12.7. The van der Waals surface area contributed by atoms with Crippen LogP contribution in [-0.2, 0) is 0 Å². The van der Waals surface area contributed by atoms with Gasteiger partial charge in [-0.2, -0.15) is 0 Å². The Hall–Kier alpha value is -1.20. The highest BCUT2D eigenvalue weighted by molar-refractivity contribution is 8.14. The molecule has 21 heavy (non-hydrogen) atoms. The van der Waals surface area contributed by atoms with Crippen molar-refractivity contribution in [2.75, 3.05) is 17.3 Å². The fraction of sp³-hybridized carbons (Fsp3) is 0.467. The number of hydrogen-bond acceptors (Lipinski definition) is 3. The van der Waals surface area contributed by atoms with E-state index >= 15 is 0 Å². The minimum atomic E-state index is -0.200. The lowest BCUT2D eigenvalue weighted by Gasteiger charge is -2.36. The maximum absolute atomic E-state index is 12.7. The molecule has 1 saturated heterocycles. The van der Waals surface area contributed by atoms with Crippen LogP contribution in [0.4, 0.5) is 10.5 Å². The van der Waals surface area contributed by atoms with Crippen molar-refractivity contribution >= 4 is 40.2 Å². The quantitative estimate of drug-likeness (QED) is 0.805. The number of amidine groups is 1. The Kier molecular flexibility index (Phi) is 4.84. The Morgan fingerprint density at radius 3 is 2.67 bits per heavy atom. The van der Waals surface area contributed by atoms with Crippen LogP contribution in [0.25, 0.3) is 0 Å². The summed E-state index contributed by atoms with van der Waals surface area (Å²) in [5, 5.41) is 1.41. The Bertz CT molecular complexity index is 568. The standard InChI is InChI=1S/C15H20ClN3OS/c1-5-18-13(17-15(2,3)4)21-10-19(14(18)20)12-8-6-7-11(16)9-12/h6-9H,5,10H2,1-4H3. The van der Waals surface area contributed by atoms with Crippen molar-refractivity contribution in [3.05, 3.63) is 29.3 Å². The molecule has 1 aliphatic heterocycles. The zero-order chi connectivity index (χ0) is 15.6. The number of amides is 2. The molecule has 0 aromatic heterocycles. The predicted molar refractivity (Wildman–Crippen MR) is 91.4 cm³/mol. The first-order valence-electron chi connectivity index (χ1n) is 6.89. The highest BCUT2D eigenvalue weighted by Crippen LogP contribution is 2.29. The molecule has 0 saturated carbocycles. The number of thioether (sulfide) groups is 1. The van der Waals surface area contributed by atoms with E-state index in [9.17, 15) is 4.79 Å². The Balaban J connectivity index is 2.29. The molecule has 0 bridgehead atoms. The molecule has 0 aliphatic carbocycles. The Morgan fingerprint density at radius 1 is 1.38 bits per heavy atom. The Morgan fingerprint density at radius 2 is 2.10 bits per heavy atom. The minimum absolute atomic E-state index is 0.0542. The van der Waals surface area contributed by atoms with Gasteiger partial charge in [0.25, 0.3) is 0 Å². The maximum Gasteiger partial charge on any atom is 0.331 e. The summed E-state index contributed by atoms with van der Waals surface area (Å²) in [6.45, 7) is 8.64. The molecular weight excluding hydrogens is 306 g/mol. The summed E-state index contributed by atoms with van der Waals surface area (Å²) in [7, 11) is 0. The topological polar surface area (TPSA) is 35.9 Å². The first-order chi connectivity index (χ1) is 9.81. The van der Waals surface area contributed by atoms with Crippen LogP contribution in [0.3, 0.4) is 0 Å². The van der Waals surface area contributed by atoms with E-state index in [0.29, 0.717) is 17.4 Å². The predicted octanol–water partition coefficient (Wildman–Crippen LogP) is 4.45. The molecule has 1 aliphatic rings. The second kappa shape index (κ2) is 6.28. The fourth-order valence-electron chi connectivity index (χ4n) is 1.96. The normalized spacial score (nSPS) is 18.5. The molecule has 114 valence electrons. The summed E-state index contributed by atoms with van der Waals surface area (Å²) in [4.78, 5) is 20.8. The van der Waals surface area contributed by atoms with Gasteiger partial charge in [0.05, 0.1) is 11.4 Å². The first kappa shape index (κ1) is 16.2. The van der Waals surface area contributed by atoms with Crippen molar-refractivity contribution in [3.8, 4) is 0 Å². The number of urea groups is 1. The molecule has 1 fully saturated rings. The Labute approximate surface area is 135 Å². The summed E-state index contributed by atoms with van der Waals surface area (Å²) in [6, 6.07) is 7.30. The third kappa shape index (κ3) is 3.92. The van der Waals surface area contributed by atoms with E-state index in [-0.39, 0.29) is 11.6 Å². The van der Waals surface area contributed by atoms with Crippen LogP contribution in [0.1, 0.15) is 27.7 Å². The molecule has 0 atom stereocenters. The first-order valence-corrected chi connectivity index (χ1v) is 8.25. The molecule has 1 aromatic carbocycles. The summed E-state index contributed by atoms with van der Waals surface area (Å²) >= 11 is 7.59. The van der Waals surface area contributed by atoms with Crippen molar-refractivity contribution in [3.63, 3.8) is 0 Å². The van der Waals surface area contributed by atoms with Crippen LogP contribution < -0.4 is 4.90 Å². The van der Waals surface area contributed by atoms with Gasteiger partial charge in [-0.05, 0) is 45.9 Å². The fourth-order valence-corrected chi connectivity index (χ4v) is 3.35. The van der Waals surface area contributed by atoms with E-state index in [1.807, 2.05) is 39.8 Å². The average Bonchev–Trinajstić information content (AvgIpc) is 2.37. The van der Waals surface area contributed by atoms with Gasteiger partial charge in [-0.15, -0.1) is 0 Å². The molecule has 0 N–H and O–H groups in total. The van der Waals surface area contributed by atoms with E-state index in [2.05, 4.69) is 4.99 Å². The van der Waals surface area contributed by atoms with Gasteiger partial charge in [-0.25, -0.2) is 4.79 Å². The SMILES string of the molecule is CCN1C(=O)N(c2cccc(Cl)c2)CSC1=NC(C)(C)C. The van der Waals surface area contributed by atoms with Crippen LogP contribution in [0.2, 0.25) is 5.02 Å². The zero-order valence-electron chi connectivity index (χ0n) is 12.8. The van der Waals surface area contributed by atoms with Gasteiger partial charge in [-0.1, -0.05) is 29.4 Å². The molecule has 6 heteroatoms. The number of hydrogen-bond donors (Lipinski definition) is 0. The molecule has 0 unspecified atom stereocenters. The molecule has 0 spiro atoms. The van der Waals surface area contributed by atoms with Gasteiger partial charge >= 0.3 is 6.03 Å². The summed E-state index contributed by atoms with van der Waals surface area (Å²) in [5.41, 5.74) is 0.613. The summed E-state index contributed by atoms with van der Waals surface area (Å²) in [6.07, 6.45) is 0. The average molecular weight is 326 g/mol. The highest BCUT2D eigenvalue weighted by atomic mass is 35.5. The molecular formula is C15H20ClN3OS. The zero-order valence-corrected chi connectivity index (χ0v) is 14.3. The third-order valence-electron chi connectivity index (χ3n) is 2.88. The largest absolute Gasteiger partial charge is 0.331 e. The third-order valence-corrected chi connectivity index (χ3v) is 4.07. The highest BCUT2D eigenvalue weighted by Gasteiger charge is 2.32. The smallest absolute Gasteiger partial charge is 0.284 e. The van der Waals surface area contributed by atoms with E-state index in [0.717, 1.165) is 10.9 Å². The van der Waals surface area contributed by atoms with Crippen molar-refractivity contribution in [1.29, 1.82) is 0 Å². The number of nitrogens with zero attached hydrogens (tertiary/aromatic N) is 3. The summed E-state index contributed by atoms with van der Waals surface area (Å²) < 4.78 is 0. The van der Waals surface area contributed by atoms with Gasteiger partial charge in [-0.3, -0.25) is 14.8 Å². The molecule has 1 aromatic rings. The van der Waals surface area contributed by atoms with E-state index in [1.165, 1.54) is 0 Å². The number of carbonyl (C=O) groups is 1. The molecule has 0 radical (unpaired) electrons. The van der Waals surface area contributed by atoms with Gasteiger partial charge in [0.15, 0.2) is 5.17 Å².